The first-order valence-corrected chi connectivity index (χ1v) is 7.13. The van der Waals surface area contributed by atoms with Gasteiger partial charge in [-0.15, -0.1) is 0 Å². The molecule has 0 spiro atoms. The average molecular weight is 286 g/mol. The molecule has 0 saturated heterocycles. The van der Waals surface area contributed by atoms with Crippen LogP contribution in [-0.2, 0) is 6.54 Å². The summed E-state index contributed by atoms with van der Waals surface area (Å²) in [5, 5.41) is 4.54. The normalized spacial score (nSPS) is 14.2. The van der Waals surface area contributed by atoms with Gasteiger partial charge in [0.15, 0.2) is 5.78 Å². The van der Waals surface area contributed by atoms with Crippen molar-refractivity contribution in [3.63, 3.8) is 0 Å². The summed E-state index contributed by atoms with van der Waals surface area (Å²) < 4.78 is 7.09. The van der Waals surface area contributed by atoms with Crippen molar-refractivity contribution in [3.8, 4) is 17.1 Å². The van der Waals surface area contributed by atoms with Crippen molar-refractivity contribution in [1.82, 2.24) is 19.7 Å². The van der Waals surface area contributed by atoms with E-state index in [9.17, 15) is 4.79 Å². The van der Waals surface area contributed by atoms with E-state index in [1.165, 1.54) is 6.33 Å². The fourth-order valence-electron chi connectivity index (χ4n) is 2.51. The number of Topliss-reactive ketones (excluding diaryl/α,β-unsaturated/α-hetero) is 1. The monoisotopic (exact) mass is 286 g/mol. The van der Waals surface area contributed by atoms with Gasteiger partial charge in [0.2, 0.25) is 5.88 Å². The van der Waals surface area contributed by atoms with Crippen LogP contribution in [-0.4, -0.2) is 32.6 Å². The van der Waals surface area contributed by atoms with Crippen molar-refractivity contribution in [2.45, 2.75) is 39.2 Å². The Balaban J connectivity index is 2.17. The lowest BCUT2D eigenvalue weighted by molar-refractivity contribution is 0.100. The molecule has 0 aliphatic heterocycles. The molecule has 1 aliphatic carbocycles. The third-order valence-electron chi connectivity index (χ3n) is 3.70. The minimum atomic E-state index is -0.000566. The second kappa shape index (κ2) is 5.27. The molecule has 0 bridgehead atoms. The second-order valence-corrected chi connectivity index (χ2v) is 5.20. The molecule has 21 heavy (non-hydrogen) atoms. The molecule has 0 radical (unpaired) electrons. The lowest BCUT2D eigenvalue weighted by Gasteiger charge is -2.09. The van der Waals surface area contributed by atoms with Gasteiger partial charge in [0.25, 0.3) is 0 Å². The van der Waals surface area contributed by atoms with Crippen LogP contribution in [0.1, 0.15) is 48.8 Å². The van der Waals surface area contributed by atoms with Gasteiger partial charge in [-0.05, 0) is 25.8 Å². The highest BCUT2D eigenvalue weighted by atomic mass is 16.5. The van der Waals surface area contributed by atoms with Crippen molar-refractivity contribution in [3.05, 3.63) is 23.8 Å². The number of ether oxygens (including phenoxy) is 1. The predicted molar refractivity (Wildman–Crippen MR) is 77.5 cm³/mol. The first-order chi connectivity index (χ1) is 10.2. The molecule has 0 N–H and O–H groups in total. The molecule has 1 aliphatic rings. The van der Waals surface area contributed by atoms with Gasteiger partial charge in [0, 0.05) is 19.4 Å². The quantitative estimate of drug-likeness (QED) is 0.790. The Morgan fingerprint density at radius 3 is 2.71 bits per heavy atom. The zero-order valence-electron chi connectivity index (χ0n) is 12.5. The van der Waals surface area contributed by atoms with E-state index < -0.39 is 0 Å². The molecule has 0 atom stereocenters. The molecule has 0 amide bonds. The summed E-state index contributed by atoms with van der Waals surface area (Å²) in [6.45, 7) is 4.15. The van der Waals surface area contributed by atoms with Crippen LogP contribution < -0.4 is 4.74 Å². The van der Waals surface area contributed by atoms with Gasteiger partial charge in [-0.1, -0.05) is 0 Å². The van der Waals surface area contributed by atoms with Gasteiger partial charge >= 0.3 is 0 Å². The van der Waals surface area contributed by atoms with Gasteiger partial charge < -0.3 is 4.74 Å². The van der Waals surface area contributed by atoms with Crippen molar-refractivity contribution >= 4 is 5.78 Å². The van der Waals surface area contributed by atoms with E-state index in [2.05, 4.69) is 15.1 Å². The number of carbonyl (C=O) groups excluding carboxylic acids is 1. The number of aryl methyl sites for hydroxylation is 1. The number of aromatic nitrogens is 4. The van der Waals surface area contributed by atoms with Crippen LogP contribution in [0.5, 0.6) is 5.88 Å². The average Bonchev–Trinajstić information content (AvgIpc) is 3.24. The zero-order chi connectivity index (χ0) is 15.0. The van der Waals surface area contributed by atoms with Crippen LogP contribution in [0.3, 0.4) is 0 Å². The lowest BCUT2D eigenvalue weighted by Crippen LogP contribution is -2.06. The maximum atomic E-state index is 11.7. The Bertz CT molecular complexity index is 689. The maximum absolute atomic E-state index is 11.7. The van der Waals surface area contributed by atoms with Crippen LogP contribution in [0.2, 0.25) is 0 Å². The van der Waals surface area contributed by atoms with Gasteiger partial charge in [0.1, 0.15) is 17.7 Å². The van der Waals surface area contributed by atoms with Crippen molar-refractivity contribution in [2.24, 2.45) is 0 Å². The Morgan fingerprint density at radius 1 is 1.43 bits per heavy atom. The summed E-state index contributed by atoms with van der Waals surface area (Å²) in [4.78, 5) is 20.3. The molecule has 0 aromatic carbocycles. The highest BCUT2D eigenvalue weighted by Gasteiger charge is 2.31. The van der Waals surface area contributed by atoms with Gasteiger partial charge in [-0.3, -0.25) is 9.48 Å². The minimum Gasteiger partial charge on any atom is -0.480 e. The van der Waals surface area contributed by atoms with Gasteiger partial charge in [0.05, 0.1) is 18.4 Å². The number of ketones is 1. The standard InChI is InChI=1S/C15H18N4O2/c1-4-19-12(9(2)20)7-11(18-19)13-14(10-5-6-10)16-8-17-15(13)21-3/h7-8,10H,4-6H2,1-3H3. The molecule has 6 heteroatoms. The van der Waals surface area contributed by atoms with Crippen LogP contribution in [0.25, 0.3) is 11.3 Å². The minimum absolute atomic E-state index is 0.000566. The third-order valence-corrected chi connectivity index (χ3v) is 3.70. The molecular weight excluding hydrogens is 268 g/mol. The topological polar surface area (TPSA) is 69.9 Å². The van der Waals surface area contributed by atoms with E-state index >= 15 is 0 Å². The Hall–Kier alpha value is -2.24. The van der Waals surface area contributed by atoms with Crippen LogP contribution >= 0.6 is 0 Å². The van der Waals surface area contributed by atoms with Crippen molar-refractivity contribution in [2.75, 3.05) is 7.11 Å². The fourth-order valence-corrected chi connectivity index (χ4v) is 2.51. The number of hydrogen-bond donors (Lipinski definition) is 0. The molecule has 3 rings (SSSR count). The highest BCUT2D eigenvalue weighted by Crippen LogP contribution is 2.45. The molecule has 0 unspecified atom stereocenters. The molecule has 2 heterocycles. The number of rotatable bonds is 5. The summed E-state index contributed by atoms with van der Waals surface area (Å²) in [5.41, 5.74) is 3.09. The van der Waals surface area contributed by atoms with E-state index in [0.717, 1.165) is 24.1 Å². The summed E-state index contributed by atoms with van der Waals surface area (Å²) >= 11 is 0. The van der Waals surface area contributed by atoms with Gasteiger partial charge in [-0.2, -0.15) is 5.10 Å². The molecule has 110 valence electrons. The van der Waals surface area contributed by atoms with E-state index in [1.54, 1.807) is 24.8 Å². The van der Waals surface area contributed by atoms with Crippen molar-refractivity contribution < 1.29 is 9.53 Å². The number of carbonyl (C=O) groups is 1. The molecular formula is C15H18N4O2. The van der Waals surface area contributed by atoms with E-state index in [0.29, 0.717) is 29.7 Å². The summed E-state index contributed by atoms with van der Waals surface area (Å²) in [6, 6.07) is 1.80. The number of nitrogens with zero attached hydrogens (tertiary/aromatic N) is 4. The molecule has 2 aromatic rings. The third kappa shape index (κ3) is 2.41. The number of methoxy groups -OCH3 is 1. The number of hydrogen-bond acceptors (Lipinski definition) is 5. The highest BCUT2D eigenvalue weighted by molar-refractivity contribution is 5.93. The van der Waals surface area contributed by atoms with Crippen molar-refractivity contribution in [1.29, 1.82) is 0 Å². The smallest absolute Gasteiger partial charge is 0.226 e. The lowest BCUT2D eigenvalue weighted by atomic mass is 10.1. The van der Waals surface area contributed by atoms with E-state index in [1.807, 2.05) is 6.92 Å². The molecule has 6 nitrogen and oxygen atoms in total. The second-order valence-electron chi connectivity index (χ2n) is 5.20. The van der Waals surface area contributed by atoms with Crippen LogP contribution in [0, 0.1) is 0 Å². The Morgan fingerprint density at radius 2 is 2.19 bits per heavy atom. The molecule has 1 saturated carbocycles. The van der Waals surface area contributed by atoms with E-state index in [-0.39, 0.29) is 5.78 Å². The Labute approximate surface area is 123 Å². The zero-order valence-corrected chi connectivity index (χ0v) is 12.5. The first-order valence-electron chi connectivity index (χ1n) is 7.13. The van der Waals surface area contributed by atoms with Gasteiger partial charge in [-0.25, -0.2) is 9.97 Å². The van der Waals surface area contributed by atoms with Crippen LogP contribution in [0.4, 0.5) is 0 Å². The first kappa shape index (κ1) is 13.7. The van der Waals surface area contributed by atoms with E-state index in [4.69, 9.17) is 4.74 Å². The predicted octanol–water partition coefficient (Wildman–Crippen LogP) is 2.45. The SMILES string of the molecule is CCn1nc(-c2c(OC)ncnc2C2CC2)cc1C(C)=O. The fraction of sp³-hybridized carbons (Fsp3) is 0.467. The largest absolute Gasteiger partial charge is 0.480 e. The maximum Gasteiger partial charge on any atom is 0.226 e. The summed E-state index contributed by atoms with van der Waals surface area (Å²) in [6.07, 6.45) is 3.78. The summed E-state index contributed by atoms with van der Waals surface area (Å²) in [5.74, 6) is 0.964. The molecule has 2 aromatic heterocycles. The Kier molecular flexibility index (Phi) is 3.45. The molecule has 1 fully saturated rings. The van der Waals surface area contributed by atoms with Crippen LogP contribution in [0.15, 0.2) is 12.4 Å². The summed E-state index contributed by atoms with van der Waals surface area (Å²) in [7, 11) is 1.59.